The minimum absolute atomic E-state index is 0.0132. The third-order valence-corrected chi connectivity index (χ3v) is 4.41. The van der Waals surface area contributed by atoms with E-state index < -0.39 is 0 Å². The van der Waals surface area contributed by atoms with Gasteiger partial charge in [-0.25, -0.2) is 0 Å². The van der Waals surface area contributed by atoms with Crippen LogP contribution in [0.15, 0.2) is 42.5 Å². The predicted molar refractivity (Wildman–Crippen MR) is 73.8 cm³/mol. The summed E-state index contributed by atoms with van der Waals surface area (Å²) in [4.78, 5) is 12.6. The second kappa shape index (κ2) is 3.68. The normalized spacial score (nSPS) is 27.8. The van der Waals surface area contributed by atoms with Gasteiger partial charge < -0.3 is 0 Å². The highest BCUT2D eigenvalue weighted by Gasteiger charge is 2.44. The number of fused-ring (bicyclic) bond motifs is 2. The van der Waals surface area contributed by atoms with Crippen LogP contribution >= 0.6 is 0 Å². The molecule has 1 aromatic carbocycles. The average Bonchev–Trinajstić information content (AvgIpc) is 2.36. The van der Waals surface area contributed by atoms with E-state index in [2.05, 4.69) is 44.2 Å². The van der Waals surface area contributed by atoms with Crippen LogP contribution in [0.3, 0.4) is 0 Å². The van der Waals surface area contributed by atoms with Gasteiger partial charge in [0.25, 0.3) is 0 Å². The summed E-state index contributed by atoms with van der Waals surface area (Å²) >= 11 is 0. The third-order valence-electron chi connectivity index (χ3n) is 4.41. The number of Topliss-reactive ketones (excluding diaryl/α,β-unsaturated/α-hetero) is 1. The van der Waals surface area contributed by atoms with Crippen molar-refractivity contribution >= 4 is 5.78 Å². The fourth-order valence-corrected chi connectivity index (χ4v) is 3.33. The monoisotopic (exact) mass is 238 g/mol. The fourth-order valence-electron chi connectivity index (χ4n) is 3.33. The number of benzene rings is 1. The highest BCUT2D eigenvalue weighted by Crippen LogP contribution is 2.46. The summed E-state index contributed by atoms with van der Waals surface area (Å²) < 4.78 is 0. The predicted octanol–water partition coefficient (Wildman–Crippen LogP) is 3.83. The number of aryl methyl sites for hydroxylation is 1. The molecular weight excluding hydrogens is 220 g/mol. The SMILES string of the molecule is Cc1ccc2c(c1)C(=O)C1C=CC=CC1C2(C)C. The molecule has 1 heteroatoms. The van der Waals surface area contributed by atoms with Crippen LogP contribution in [0.25, 0.3) is 0 Å². The maximum absolute atomic E-state index is 12.6. The van der Waals surface area contributed by atoms with E-state index in [1.165, 1.54) is 5.56 Å². The molecule has 0 saturated carbocycles. The Bertz CT molecular complexity index is 575. The lowest BCUT2D eigenvalue weighted by molar-refractivity contribution is 0.0866. The zero-order valence-electron chi connectivity index (χ0n) is 11.1. The van der Waals surface area contributed by atoms with Crippen LogP contribution in [0.5, 0.6) is 0 Å². The smallest absolute Gasteiger partial charge is 0.170 e. The quantitative estimate of drug-likeness (QED) is 0.671. The van der Waals surface area contributed by atoms with Crippen molar-refractivity contribution in [3.05, 3.63) is 59.2 Å². The van der Waals surface area contributed by atoms with Crippen molar-refractivity contribution < 1.29 is 4.79 Å². The minimum Gasteiger partial charge on any atom is -0.293 e. The summed E-state index contributed by atoms with van der Waals surface area (Å²) in [5, 5.41) is 0. The summed E-state index contributed by atoms with van der Waals surface area (Å²) in [5.74, 6) is 0.572. The molecular formula is C17H18O. The highest BCUT2D eigenvalue weighted by molar-refractivity contribution is 6.02. The van der Waals surface area contributed by atoms with E-state index in [4.69, 9.17) is 0 Å². The van der Waals surface area contributed by atoms with Crippen molar-refractivity contribution in [1.29, 1.82) is 0 Å². The van der Waals surface area contributed by atoms with Gasteiger partial charge in [-0.05, 0) is 29.9 Å². The number of carbonyl (C=O) groups excluding carboxylic acids is 1. The van der Waals surface area contributed by atoms with E-state index in [9.17, 15) is 4.79 Å². The molecule has 0 aromatic heterocycles. The molecule has 92 valence electrons. The van der Waals surface area contributed by atoms with Gasteiger partial charge in [-0.1, -0.05) is 55.8 Å². The molecule has 0 radical (unpaired) electrons. The number of hydrogen-bond acceptors (Lipinski definition) is 1. The first kappa shape index (κ1) is 11.5. The molecule has 2 aliphatic rings. The van der Waals surface area contributed by atoms with Gasteiger partial charge in [0.05, 0.1) is 0 Å². The maximum Gasteiger partial charge on any atom is 0.170 e. The largest absolute Gasteiger partial charge is 0.293 e. The van der Waals surface area contributed by atoms with Gasteiger partial charge >= 0.3 is 0 Å². The van der Waals surface area contributed by atoms with Crippen LogP contribution in [0, 0.1) is 18.8 Å². The lowest BCUT2D eigenvalue weighted by Gasteiger charge is -2.43. The van der Waals surface area contributed by atoms with Crippen LogP contribution in [-0.2, 0) is 5.41 Å². The molecule has 0 N–H and O–H groups in total. The van der Waals surface area contributed by atoms with E-state index in [0.717, 1.165) is 11.1 Å². The molecule has 0 heterocycles. The summed E-state index contributed by atoms with van der Waals surface area (Å²) in [6.45, 7) is 6.53. The van der Waals surface area contributed by atoms with Crippen LogP contribution in [0.1, 0.15) is 35.3 Å². The molecule has 1 aromatic rings. The van der Waals surface area contributed by atoms with Crippen LogP contribution in [-0.4, -0.2) is 5.78 Å². The van der Waals surface area contributed by atoms with Gasteiger partial charge in [-0.3, -0.25) is 4.79 Å². The Labute approximate surface area is 108 Å². The summed E-state index contributed by atoms with van der Waals surface area (Å²) in [6.07, 6.45) is 8.30. The zero-order valence-corrected chi connectivity index (χ0v) is 11.1. The lowest BCUT2D eigenvalue weighted by atomic mass is 9.59. The zero-order chi connectivity index (χ0) is 12.9. The fraction of sp³-hybridized carbons (Fsp3) is 0.353. The maximum atomic E-state index is 12.6. The Balaban J connectivity index is 2.25. The molecule has 0 spiro atoms. The Hall–Kier alpha value is -1.63. The van der Waals surface area contributed by atoms with E-state index in [1.54, 1.807) is 0 Å². The summed E-state index contributed by atoms with van der Waals surface area (Å²) in [5.41, 5.74) is 3.29. The van der Waals surface area contributed by atoms with Gasteiger partial charge in [0.15, 0.2) is 5.78 Å². The van der Waals surface area contributed by atoms with Gasteiger partial charge in [0, 0.05) is 11.5 Å². The number of carbonyl (C=O) groups is 1. The van der Waals surface area contributed by atoms with E-state index in [0.29, 0.717) is 0 Å². The molecule has 2 atom stereocenters. The number of hydrogen-bond donors (Lipinski definition) is 0. The number of allylic oxidation sites excluding steroid dienone is 4. The molecule has 2 aliphatic carbocycles. The lowest BCUT2D eigenvalue weighted by Crippen LogP contribution is -2.42. The molecule has 1 nitrogen and oxygen atoms in total. The van der Waals surface area contributed by atoms with Crippen LogP contribution in [0.2, 0.25) is 0 Å². The molecule has 0 amide bonds. The standard InChI is InChI=1S/C17H18O/c1-11-8-9-15-13(10-11)16(18)12-6-4-5-7-14(12)17(15,2)3/h4-10,12,14H,1-3H3. The molecule has 2 unspecified atom stereocenters. The first-order valence-corrected chi connectivity index (χ1v) is 6.52. The second-order valence-corrected chi connectivity index (χ2v) is 5.96. The van der Waals surface area contributed by atoms with E-state index >= 15 is 0 Å². The van der Waals surface area contributed by atoms with Crippen molar-refractivity contribution in [2.75, 3.05) is 0 Å². The van der Waals surface area contributed by atoms with Crippen molar-refractivity contribution in [3.63, 3.8) is 0 Å². The Morgan fingerprint density at radius 2 is 1.83 bits per heavy atom. The third kappa shape index (κ3) is 1.43. The Morgan fingerprint density at radius 1 is 1.11 bits per heavy atom. The van der Waals surface area contributed by atoms with Crippen molar-refractivity contribution in [2.24, 2.45) is 11.8 Å². The molecule has 0 fully saturated rings. The van der Waals surface area contributed by atoms with Crippen molar-refractivity contribution in [3.8, 4) is 0 Å². The van der Waals surface area contributed by atoms with Crippen molar-refractivity contribution in [2.45, 2.75) is 26.2 Å². The molecule has 0 bridgehead atoms. The molecule has 0 saturated heterocycles. The van der Waals surface area contributed by atoms with Gasteiger partial charge in [-0.2, -0.15) is 0 Å². The van der Waals surface area contributed by atoms with Crippen LogP contribution < -0.4 is 0 Å². The van der Waals surface area contributed by atoms with Crippen LogP contribution in [0.4, 0.5) is 0 Å². The molecule has 3 rings (SSSR count). The highest BCUT2D eigenvalue weighted by atomic mass is 16.1. The summed E-state index contributed by atoms with van der Waals surface area (Å²) in [6, 6.07) is 6.28. The minimum atomic E-state index is 0.0132. The second-order valence-electron chi connectivity index (χ2n) is 5.96. The van der Waals surface area contributed by atoms with Gasteiger partial charge in [0.1, 0.15) is 0 Å². The van der Waals surface area contributed by atoms with Gasteiger partial charge in [0.2, 0.25) is 0 Å². The Kier molecular flexibility index (Phi) is 2.34. The average molecular weight is 238 g/mol. The van der Waals surface area contributed by atoms with Crippen molar-refractivity contribution in [1.82, 2.24) is 0 Å². The molecule has 0 aliphatic heterocycles. The molecule has 18 heavy (non-hydrogen) atoms. The number of rotatable bonds is 0. The first-order chi connectivity index (χ1) is 8.51. The van der Waals surface area contributed by atoms with E-state index in [-0.39, 0.29) is 23.0 Å². The van der Waals surface area contributed by atoms with E-state index in [1.807, 2.05) is 19.1 Å². The number of ketones is 1. The first-order valence-electron chi connectivity index (χ1n) is 6.52. The topological polar surface area (TPSA) is 17.1 Å². The van der Waals surface area contributed by atoms with Gasteiger partial charge in [-0.15, -0.1) is 0 Å². The summed E-state index contributed by atoms with van der Waals surface area (Å²) in [7, 11) is 0. The Morgan fingerprint density at radius 3 is 2.61 bits per heavy atom.